The second-order valence-electron chi connectivity index (χ2n) is 3.80. The summed E-state index contributed by atoms with van der Waals surface area (Å²) in [6.07, 6.45) is 4.93. The molecule has 78 valence electrons. The smallest absolute Gasteiger partial charge is 0.288 e. The Hall–Kier alpha value is -1.64. The third-order valence-electron chi connectivity index (χ3n) is 2.72. The molecule has 1 aliphatic carbocycles. The molecular weight excluding hydrogens is 190 g/mol. The molecule has 0 saturated heterocycles. The fourth-order valence-corrected chi connectivity index (χ4v) is 1.98. The minimum absolute atomic E-state index is 0.291. The van der Waals surface area contributed by atoms with Crippen molar-refractivity contribution in [3.05, 3.63) is 29.3 Å². The average Bonchev–Trinajstić information content (AvgIpc) is 2.29. The van der Waals surface area contributed by atoms with Gasteiger partial charge in [0.05, 0.1) is 0 Å². The van der Waals surface area contributed by atoms with Gasteiger partial charge in [0.25, 0.3) is 5.91 Å². The van der Waals surface area contributed by atoms with E-state index in [4.69, 9.17) is 0 Å². The number of carbonyl (C=O) groups excluding carboxylic acids is 2. The highest BCUT2D eigenvalue weighted by atomic mass is 16.2. The monoisotopic (exact) mass is 203 g/mol. The van der Waals surface area contributed by atoms with Crippen LogP contribution in [0.25, 0.3) is 0 Å². The Balaban J connectivity index is 2.20. The number of benzene rings is 1. The van der Waals surface area contributed by atoms with Gasteiger partial charge in [-0.15, -0.1) is 0 Å². The highest BCUT2D eigenvalue weighted by Gasteiger charge is 2.09. The Morgan fingerprint density at radius 3 is 2.67 bits per heavy atom. The van der Waals surface area contributed by atoms with Gasteiger partial charge in [-0.3, -0.25) is 9.59 Å². The Bertz CT molecular complexity index is 399. The normalized spacial score (nSPS) is 14.1. The lowest BCUT2D eigenvalue weighted by Gasteiger charge is -2.16. The maximum Gasteiger partial charge on any atom is 0.288 e. The number of fused-ring (bicyclic) bond motifs is 1. The number of aryl methyl sites for hydroxylation is 2. The third kappa shape index (κ3) is 2.24. The Kier molecular flexibility index (Phi) is 2.81. The van der Waals surface area contributed by atoms with Crippen LogP contribution in [-0.4, -0.2) is 12.2 Å². The molecule has 0 bridgehead atoms. The number of nitrogens with one attached hydrogen (secondary N) is 1. The van der Waals surface area contributed by atoms with Crippen molar-refractivity contribution in [3.8, 4) is 0 Å². The van der Waals surface area contributed by atoms with E-state index in [0.29, 0.717) is 12.0 Å². The topological polar surface area (TPSA) is 46.2 Å². The zero-order chi connectivity index (χ0) is 10.7. The first-order valence-electron chi connectivity index (χ1n) is 5.17. The lowest BCUT2D eigenvalue weighted by molar-refractivity contribution is -0.127. The number of hydrogen-bond acceptors (Lipinski definition) is 2. The standard InChI is InChI=1S/C12H13NO2/c14-8-12(15)13-11-6-5-9-3-1-2-4-10(9)7-11/h5-8H,1-4H2,(H,13,15). The van der Waals surface area contributed by atoms with Crippen molar-refractivity contribution in [2.45, 2.75) is 25.7 Å². The lowest BCUT2D eigenvalue weighted by Crippen LogP contribution is -2.13. The van der Waals surface area contributed by atoms with Crippen molar-refractivity contribution in [1.82, 2.24) is 0 Å². The van der Waals surface area contributed by atoms with Crippen LogP contribution in [0.15, 0.2) is 18.2 Å². The van der Waals surface area contributed by atoms with Crippen LogP contribution in [0.2, 0.25) is 0 Å². The maximum atomic E-state index is 10.9. The number of rotatable bonds is 2. The van der Waals surface area contributed by atoms with Gasteiger partial charge in [0, 0.05) is 5.69 Å². The summed E-state index contributed by atoms with van der Waals surface area (Å²) in [7, 11) is 0. The van der Waals surface area contributed by atoms with E-state index in [1.54, 1.807) is 0 Å². The summed E-state index contributed by atoms with van der Waals surface area (Å²) in [6.45, 7) is 0. The number of carbonyl (C=O) groups is 2. The highest BCUT2D eigenvalue weighted by molar-refractivity contribution is 6.29. The van der Waals surface area contributed by atoms with E-state index in [1.807, 2.05) is 18.2 Å². The predicted molar refractivity (Wildman–Crippen MR) is 57.8 cm³/mol. The minimum Gasteiger partial charge on any atom is -0.320 e. The summed E-state index contributed by atoms with van der Waals surface area (Å²) >= 11 is 0. The molecule has 1 N–H and O–H groups in total. The van der Waals surface area contributed by atoms with E-state index < -0.39 is 5.91 Å². The molecule has 1 aliphatic rings. The van der Waals surface area contributed by atoms with Crippen molar-refractivity contribution in [2.75, 3.05) is 5.32 Å². The number of aldehydes is 1. The van der Waals surface area contributed by atoms with Gasteiger partial charge in [-0.1, -0.05) is 6.07 Å². The average molecular weight is 203 g/mol. The molecule has 0 heterocycles. The van der Waals surface area contributed by atoms with E-state index in [1.165, 1.54) is 24.0 Å². The molecule has 0 aliphatic heterocycles. The molecule has 3 nitrogen and oxygen atoms in total. The summed E-state index contributed by atoms with van der Waals surface area (Å²) < 4.78 is 0. The van der Waals surface area contributed by atoms with E-state index in [2.05, 4.69) is 5.32 Å². The van der Waals surface area contributed by atoms with Crippen LogP contribution < -0.4 is 5.32 Å². The van der Waals surface area contributed by atoms with Crippen molar-refractivity contribution in [1.29, 1.82) is 0 Å². The Morgan fingerprint density at radius 2 is 1.93 bits per heavy atom. The first-order valence-corrected chi connectivity index (χ1v) is 5.17. The summed E-state index contributed by atoms with van der Waals surface area (Å²) in [5.74, 6) is -0.592. The molecule has 1 amide bonds. The second-order valence-corrected chi connectivity index (χ2v) is 3.80. The van der Waals surface area contributed by atoms with Crippen LogP contribution >= 0.6 is 0 Å². The fraction of sp³-hybridized carbons (Fsp3) is 0.333. The molecule has 0 atom stereocenters. The summed E-state index contributed by atoms with van der Waals surface area (Å²) in [5, 5.41) is 2.53. The summed E-state index contributed by atoms with van der Waals surface area (Å²) in [6, 6.07) is 5.86. The summed E-state index contributed by atoms with van der Waals surface area (Å²) in [5.41, 5.74) is 3.38. The molecule has 1 aromatic carbocycles. The van der Waals surface area contributed by atoms with Crippen LogP contribution in [0.3, 0.4) is 0 Å². The summed E-state index contributed by atoms with van der Waals surface area (Å²) in [4.78, 5) is 21.1. The quantitative estimate of drug-likeness (QED) is 0.587. The number of anilines is 1. The van der Waals surface area contributed by atoms with Gasteiger partial charge in [-0.05, 0) is 48.9 Å². The van der Waals surface area contributed by atoms with Gasteiger partial charge >= 0.3 is 0 Å². The van der Waals surface area contributed by atoms with E-state index >= 15 is 0 Å². The van der Waals surface area contributed by atoms with Crippen LogP contribution in [0, 0.1) is 0 Å². The van der Waals surface area contributed by atoms with Gasteiger partial charge in [-0.25, -0.2) is 0 Å². The Morgan fingerprint density at radius 1 is 1.20 bits per heavy atom. The van der Waals surface area contributed by atoms with Crippen LogP contribution in [-0.2, 0) is 22.4 Å². The molecule has 0 radical (unpaired) electrons. The molecule has 3 heteroatoms. The molecule has 15 heavy (non-hydrogen) atoms. The van der Waals surface area contributed by atoms with Gasteiger partial charge in [0.1, 0.15) is 0 Å². The molecule has 1 aromatic rings. The first-order chi connectivity index (χ1) is 7.29. The molecule has 0 saturated carbocycles. The minimum atomic E-state index is -0.592. The molecular formula is C12H13NO2. The first kappa shape index (κ1) is 9.90. The van der Waals surface area contributed by atoms with Crippen LogP contribution in [0.4, 0.5) is 5.69 Å². The van der Waals surface area contributed by atoms with E-state index in [-0.39, 0.29) is 0 Å². The second kappa shape index (κ2) is 4.26. The van der Waals surface area contributed by atoms with Crippen LogP contribution in [0.5, 0.6) is 0 Å². The molecule has 2 rings (SSSR count). The van der Waals surface area contributed by atoms with Crippen molar-refractivity contribution in [3.63, 3.8) is 0 Å². The zero-order valence-electron chi connectivity index (χ0n) is 8.45. The lowest BCUT2D eigenvalue weighted by atomic mass is 9.91. The van der Waals surface area contributed by atoms with Gasteiger partial charge in [-0.2, -0.15) is 0 Å². The zero-order valence-corrected chi connectivity index (χ0v) is 8.45. The largest absolute Gasteiger partial charge is 0.320 e. The molecule has 0 spiro atoms. The fourth-order valence-electron chi connectivity index (χ4n) is 1.98. The predicted octanol–water partition coefficient (Wildman–Crippen LogP) is 1.70. The van der Waals surface area contributed by atoms with E-state index in [9.17, 15) is 9.59 Å². The molecule has 0 aromatic heterocycles. The third-order valence-corrected chi connectivity index (χ3v) is 2.72. The van der Waals surface area contributed by atoms with Crippen molar-refractivity contribution < 1.29 is 9.59 Å². The van der Waals surface area contributed by atoms with Gasteiger partial charge in [0.15, 0.2) is 0 Å². The van der Waals surface area contributed by atoms with Crippen molar-refractivity contribution in [2.24, 2.45) is 0 Å². The maximum absolute atomic E-state index is 10.9. The van der Waals surface area contributed by atoms with E-state index in [0.717, 1.165) is 12.8 Å². The number of hydrogen-bond donors (Lipinski definition) is 1. The Labute approximate surface area is 88.5 Å². The van der Waals surface area contributed by atoms with Gasteiger partial charge < -0.3 is 5.32 Å². The van der Waals surface area contributed by atoms with Gasteiger partial charge in [0.2, 0.25) is 6.29 Å². The van der Waals surface area contributed by atoms with Crippen molar-refractivity contribution >= 4 is 17.9 Å². The number of amides is 1. The highest BCUT2D eigenvalue weighted by Crippen LogP contribution is 2.23. The molecule has 0 fully saturated rings. The molecule has 0 unspecified atom stereocenters. The SMILES string of the molecule is O=CC(=O)Nc1ccc2c(c1)CCCC2. The van der Waals surface area contributed by atoms with Crippen LogP contribution in [0.1, 0.15) is 24.0 Å².